The quantitative estimate of drug-likeness (QED) is 0.0386. The van der Waals surface area contributed by atoms with E-state index in [-0.39, 0.29) is 58.0 Å². The molecule has 0 atom stereocenters. The SMILES string of the molecule is COC(=O)c1ccc2cccnc2c1OC.COc1c(-c2nnc(Cc3ccc(F)cc3)o2)ccc2cccnc12.COc1c(C(=O)NNC(=O)Cc2ccc(F)cc2)ccc2cccnc12.COc1c(C(=O)O)ccc2cccnc12.O=C(O)c1ccc2cccnc2c1O.Oc1c(-c2nnc(Cc3ccc(F)cc3)o2)ccc2cccnc12. The lowest BCUT2D eigenvalue weighted by Crippen LogP contribution is -2.42. The topological polar surface area (TPSA) is 392 Å². The first-order valence-corrected chi connectivity index (χ1v) is 36.1. The Bertz CT molecular complexity index is 6560. The van der Waals surface area contributed by atoms with Crippen LogP contribution in [0, 0.1) is 17.5 Å². The number of ether oxygens (including phenoxy) is 5. The van der Waals surface area contributed by atoms with Crippen LogP contribution in [0.25, 0.3) is 88.3 Å². The van der Waals surface area contributed by atoms with E-state index in [1.165, 1.54) is 95.3 Å². The predicted molar refractivity (Wildman–Crippen MR) is 436 cm³/mol. The highest BCUT2D eigenvalue weighted by Gasteiger charge is 2.23. The second-order valence-corrected chi connectivity index (χ2v) is 25.5. The number of nitrogens with zero attached hydrogens (tertiary/aromatic N) is 10. The Labute approximate surface area is 679 Å². The van der Waals surface area contributed by atoms with Crippen LogP contribution >= 0.6 is 0 Å². The molecule has 602 valence electrons. The van der Waals surface area contributed by atoms with Crippen molar-refractivity contribution in [2.75, 3.05) is 35.5 Å². The van der Waals surface area contributed by atoms with Crippen molar-refractivity contribution in [3.05, 3.63) is 324 Å². The predicted octanol–water partition coefficient (Wildman–Crippen LogP) is 15.7. The Balaban J connectivity index is 0.000000134. The molecule has 0 unspecified atom stereocenters. The Kier molecular flexibility index (Phi) is 27.1. The minimum absolute atomic E-state index is 0.00471. The number of carbonyl (C=O) groups excluding carboxylic acids is 3. The molecule has 0 fully saturated rings. The van der Waals surface area contributed by atoms with E-state index in [4.69, 9.17) is 38.0 Å². The van der Waals surface area contributed by atoms with Crippen LogP contribution < -0.4 is 29.8 Å². The molecule has 0 saturated heterocycles. The molecular weight excluding hydrogens is 1550 g/mol. The third-order valence-corrected chi connectivity index (χ3v) is 17.9. The summed E-state index contributed by atoms with van der Waals surface area (Å²) in [6.45, 7) is 0. The number of aromatic nitrogens is 10. The average Bonchev–Trinajstić information content (AvgIpc) is 1.72. The monoisotopic (exact) mass is 1620 g/mol. The molecule has 2 amide bonds. The Morgan fingerprint density at radius 3 is 1.10 bits per heavy atom. The van der Waals surface area contributed by atoms with Gasteiger partial charge in [-0.1, -0.05) is 109 Å². The van der Waals surface area contributed by atoms with Gasteiger partial charge in [0.25, 0.3) is 17.7 Å². The molecule has 17 aromatic rings. The number of hydrogen-bond acceptors (Lipinski definition) is 24. The number of benzene rings is 9. The maximum Gasteiger partial charge on any atom is 0.341 e. The summed E-state index contributed by atoms with van der Waals surface area (Å²) in [4.78, 5) is 82.4. The number of carboxylic acids is 2. The van der Waals surface area contributed by atoms with Gasteiger partial charge in [0.1, 0.15) is 67.2 Å². The number of hydrogen-bond donors (Lipinski definition) is 6. The van der Waals surface area contributed by atoms with Crippen molar-refractivity contribution >= 4 is 95.1 Å². The van der Waals surface area contributed by atoms with Crippen LogP contribution in [0.15, 0.2) is 264 Å². The first-order valence-electron chi connectivity index (χ1n) is 36.1. The number of rotatable bonds is 16. The fourth-order valence-corrected chi connectivity index (χ4v) is 12.1. The van der Waals surface area contributed by atoms with E-state index < -0.39 is 29.7 Å². The number of esters is 1. The lowest BCUT2D eigenvalue weighted by molar-refractivity contribution is -0.121. The first kappa shape index (κ1) is 83.1. The third kappa shape index (κ3) is 20.0. The highest BCUT2D eigenvalue weighted by atomic mass is 19.1. The number of pyridine rings is 6. The smallest absolute Gasteiger partial charge is 0.341 e. The molecule has 0 aliphatic rings. The third-order valence-electron chi connectivity index (χ3n) is 17.9. The number of aromatic hydroxyl groups is 2. The van der Waals surface area contributed by atoms with E-state index in [9.17, 15) is 47.4 Å². The van der Waals surface area contributed by atoms with E-state index in [0.717, 1.165) is 49.0 Å². The van der Waals surface area contributed by atoms with Gasteiger partial charge in [-0.3, -0.25) is 50.3 Å². The van der Waals surface area contributed by atoms with Crippen LogP contribution in [0.5, 0.6) is 34.5 Å². The van der Waals surface area contributed by atoms with Gasteiger partial charge in [0.2, 0.25) is 17.7 Å². The van der Waals surface area contributed by atoms with Crippen LogP contribution in [-0.4, -0.2) is 136 Å². The van der Waals surface area contributed by atoms with Crippen LogP contribution in [-0.2, 0) is 28.8 Å². The van der Waals surface area contributed by atoms with Gasteiger partial charge < -0.3 is 52.9 Å². The zero-order chi connectivity index (χ0) is 84.8. The van der Waals surface area contributed by atoms with Gasteiger partial charge in [-0.2, -0.15) is 0 Å². The number of phenols is 2. The fraction of sp³-hybridized carbons (Fsp3) is 0.0899. The van der Waals surface area contributed by atoms with Gasteiger partial charge in [-0.25, -0.2) is 27.6 Å². The zero-order valence-corrected chi connectivity index (χ0v) is 64.2. The molecule has 0 saturated carbocycles. The van der Waals surface area contributed by atoms with Crippen molar-refractivity contribution in [2.24, 2.45) is 0 Å². The maximum absolute atomic E-state index is 13.0. The number of amides is 2. The molecule has 8 aromatic heterocycles. The largest absolute Gasteiger partial charge is 0.505 e. The van der Waals surface area contributed by atoms with Crippen LogP contribution in [0.3, 0.4) is 0 Å². The van der Waals surface area contributed by atoms with Crippen molar-refractivity contribution in [1.82, 2.24) is 61.2 Å². The summed E-state index contributed by atoms with van der Waals surface area (Å²) >= 11 is 0. The van der Waals surface area contributed by atoms with Crippen molar-refractivity contribution in [1.29, 1.82) is 0 Å². The number of carboxylic acid groups (broad SMARTS) is 2. The number of hydrazine groups is 1. The number of halogens is 3. The summed E-state index contributed by atoms with van der Waals surface area (Å²) in [6.07, 6.45) is 10.5. The maximum atomic E-state index is 13.0. The summed E-state index contributed by atoms with van der Waals surface area (Å²) in [5, 5.41) is 59.0. The number of phenolic OH excluding ortho intramolecular Hbond substituents is 1. The van der Waals surface area contributed by atoms with Gasteiger partial charge in [-0.15, -0.1) is 20.4 Å². The molecule has 0 aliphatic heterocycles. The van der Waals surface area contributed by atoms with E-state index in [1.54, 1.807) is 129 Å². The van der Waals surface area contributed by atoms with E-state index in [1.807, 2.05) is 66.7 Å². The van der Waals surface area contributed by atoms with Gasteiger partial charge in [0, 0.05) is 69.5 Å². The van der Waals surface area contributed by atoms with Crippen LogP contribution in [0.2, 0.25) is 0 Å². The highest BCUT2D eigenvalue weighted by Crippen LogP contribution is 2.38. The second-order valence-electron chi connectivity index (χ2n) is 25.5. The number of methoxy groups -OCH3 is 5. The number of nitrogens with one attached hydrogen (secondary N) is 2. The molecule has 6 N–H and O–H groups in total. The highest BCUT2D eigenvalue weighted by molar-refractivity contribution is 6.04. The van der Waals surface area contributed by atoms with Crippen molar-refractivity contribution in [3.63, 3.8) is 0 Å². The van der Waals surface area contributed by atoms with E-state index >= 15 is 0 Å². The van der Waals surface area contributed by atoms with Crippen molar-refractivity contribution in [2.45, 2.75) is 19.3 Å². The number of aromatic carboxylic acids is 2. The Hall–Kier alpha value is -16.3. The average molecular weight is 1620 g/mol. The molecule has 120 heavy (non-hydrogen) atoms. The standard InChI is InChI=1S/C19H16FN3O3.C19H14FN3O2.C18H12FN3O2.C12H11NO3.C11H9NO3.C10H7NO3/c1-26-18-15(9-6-13-3-2-10-21-17(13)18)19(25)23-22-16(24)11-12-4-7-14(20)8-5-12;1-24-18-15(9-6-13-3-2-10-21-17(13)18)19-23-22-16(25-19)11-12-4-7-14(20)8-5-12;19-13-6-3-11(4-7-13)10-15-21-22-18(24-15)14-8-5-12-2-1-9-20-16(12)17(14)23;1-15-11-9(12(14)16-2)6-5-8-4-3-7-13-10(8)11;1-15-10-8(11(13)14)5-4-7-3-2-6-12-9(7)10;12-9-7(10(13)14)4-3-6-2-1-5-11-8(6)9/h2-10H,11H2,1H3,(H,22,24)(H,23,25);2-10H,11H2,1H3;1-9,23H,10H2;3-7H,1-2H3;2-6H,1H3,(H,13,14);1-5,12H,(H,13,14). The van der Waals surface area contributed by atoms with Crippen molar-refractivity contribution in [3.8, 4) is 57.4 Å². The first-order chi connectivity index (χ1) is 58.2. The summed E-state index contributed by atoms with van der Waals surface area (Å²) in [5.41, 5.74) is 12.1. The minimum Gasteiger partial charge on any atom is -0.505 e. The lowest BCUT2D eigenvalue weighted by Gasteiger charge is -2.12. The molecule has 8 heterocycles. The van der Waals surface area contributed by atoms with E-state index in [2.05, 4.69) is 65.9 Å². The number of carbonyl (C=O) groups is 5. The van der Waals surface area contributed by atoms with Gasteiger partial charge in [0.15, 0.2) is 34.5 Å². The zero-order valence-electron chi connectivity index (χ0n) is 64.2. The van der Waals surface area contributed by atoms with Gasteiger partial charge in [-0.05, 0) is 126 Å². The van der Waals surface area contributed by atoms with E-state index in [0.29, 0.717) is 103 Å². The van der Waals surface area contributed by atoms with Crippen molar-refractivity contribution < 1.29 is 90.1 Å². The van der Waals surface area contributed by atoms with Gasteiger partial charge in [0.05, 0.1) is 71.5 Å². The molecular formula is C89H69F3N12O16. The number of fused-ring (bicyclic) bond motifs is 6. The minimum atomic E-state index is -1.16. The lowest BCUT2D eigenvalue weighted by atomic mass is 10.1. The second kappa shape index (κ2) is 39.1. The Morgan fingerprint density at radius 1 is 0.350 bits per heavy atom. The molecule has 17 rings (SSSR count). The fourth-order valence-electron chi connectivity index (χ4n) is 12.1. The molecule has 0 bridgehead atoms. The molecule has 28 nitrogen and oxygen atoms in total. The summed E-state index contributed by atoms with van der Waals surface area (Å²) in [5.74, 6) is -1.68. The normalized spacial score (nSPS) is 10.6. The summed E-state index contributed by atoms with van der Waals surface area (Å²) in [7, 11) is 7.33. The summed E-state index contributed by atoms with van der Waals surface area (Å²) < 4.78 is 76.0. The Morgan fingerprint density at radius 2 is 0.683 bits per heavy atom. The van der Waals surface area contributed by atoms with Crippen LogP contribution in [0.1, 0.15) is 69.9 Å². The summed E-state index contributed by atoms with van der Waals surface area (Å²) in [6, 6.07) is 60.3. The molecule has 9 aromatic carbocycles. The molecule has 0 aliphatic carbocycles. The van der Waals surface area contributed by atoms with Crippen LogP contribution in [0.4, 0.5) is 13.2 Å². The molecule has 31 heteroatoms. The van der Waals surface area contributed by atoms with Gasteiger partial charge >= 0.3 is 17.9 Å². The molecule has 0 radical (unpaired) electrons. The molecule has 0 spiro atoms.